The van der Waals surface area contributed by atoms with E-state index in [1.807, 2.05) is 42.2 Å². The summed E-state index contributed by atoms with van der Waals surface area (Å²) < 4.78 is 3.93. The molecule has 0 saturated heterocycles. The molecule has 3 aromatic rings. The molecule has 1 atom stereocenters. The molecule has 1 N–H and O–H groups in total. The van der Waals surface area contributed by atoms with Crippen molar-refractivity contribution in [3.05, 3.63) is 47.8 Å². The van der Waals surface area contributed by atoms with Crippen LogP contribution in [0.15, 0.2) is 30.6 Å². The number of aliphatic hydroxyl groups excluding tert-OH is 1. The van der Waals surface area contributed by atoms with E-state index in [2.05, 4.69) is 19.6 Å². The second kappa shape index (κ2) is 5.23. The first-order chi connectivity index (χ1) is 10.1. The van der Waals surface area contributed by atoms with Gasteiger partial charge in [-0.3, -0.25) is 0 Å². The van der Waals surface area contributed by atoms with Gasteiger partial charge in [-0.05, 0) is 26.0 Å². The Labute approximate surface area is 133 Å². The lowest BCUT2D eigenvalue weighted by molar-refractivity contribution is 0.188. The van der Waals surface area contributed by atoms with Crippen molar-refractivity contribution in [1.29, 1.82) is 0 Å². The summed E-state index contributed by atoms with van der Waals surface area (Å²) in [7, 11) is 0. The Balaban J connectivity index is 0.00000144. The molecule has 0 spiro atoms. The van der Waals surface area contributed by atoms with Crippen molar-refractivity contribution in [3.63, 3.8) is 0 Å². The van der Waals surface area contributed by atoms with E-state index in [4.69, 9.17) is 0 Å². The molecule has 0 amide bonds. The van der Waals surface area contributed by atoms with E-state index in [1.165, 1.54) is 0 Å². The maximum absolute atomic E-state index is 9.75. The predicted molar refractivity (Wildman–Crippen MR) is 84.3 cm³/mol. The molecular formula is C15H16ClN5O. The monoisotopic (exact) mass is 317 g/mol. The summed E-state index contributed by atoms with van der Waals surface area (Å²) in [4.78, 5) is 8.92. The number of nitrogens with zero attached hydrogens (tertiary/aromatic N) is 5. The number of halogens is 1. The zero-order valence-electron chi connectivity index (χ0n) is 12.3. The second-order valence-corrected chi connectivity index (χ2v) is 5.29. The average molecular weight is 318 g/mol. The third-order valence-electron chi connectivity index (χ3n) is 3.84. The van der Waals surface area contributed by atoms with Gasteiger partial charge in [-0.15, -0.1) is 12.4 Å². The molecule has 3 heterocycles. The molecule has 0 bridgehead atoms. The number of benzene rings is 1. The van der Waals surface area contributed by atoms with Crippen LogP contribution in [0, 0.1) is 6.92 Å². The number of aromatic nitrogens is 5. The molecule has 1 aliphatic heterocycles. The van der Waals surface area contributed by atoms with E-state index in [0.29, 0.717) is 12.4 Å². The number of hydrogen-bond donors (Lipinski definition) is 1. The van der Waals surface area contributed by atoms with Crippen molar-refractivity contribution in [2.24, 2.45) is 0 Å². The number of hydrogen-bond acceptors (Lipinski definition) is 4. The molecule has 7 heteroatoms. The average Bonchev–Trinajstić information content (AvgIpc) is 3.02. The highest BCUT2D eigenvalue weighted by molar-refractivity contribution is 5.85. The van der Waals surface area contributed by atoms with Crippen LogP contribution in [-0.4, -0.2) is 29.4 Å². The highest BCUT2D eigenvalue weighted by Gasteiger charge is 2.24. The third-order valence-corrected chi connectivity index (χ3v) is 3.84. The Morgan fingerprint density at radius 3 is 2.82 bits per heavy atom. The lowest BCUT2D eigenvalue weighted by Crippen LogP contribution is -2.06. The van der Waals surface area contributed by atoms with Gasteiger partial charge in [-0.25, -0.2) is 14.6 Å². The Morgan fingerprint density at radius 1 is 1.27 bits per heavy atom. The number of para-hydroxylation sites is 1. The molecule has 1 aromatic carbocycles. The Kier molecular flexibility index (Phi) is 3.50. The smallest absolute Gasteiger partial charge is 0.179 e. The summed E-state index contributed by atoms with van der Waals surface area (Å²) in [6.07, 6.45) is 1.16. The SMILES string of the molecule is Cc1ncn2c1Cn1nc(C(C)O)nc1-c1ccccc1-2.Cl. The molecule has 6 nitrogen and oxygen atoms in total. The molecule has 1 aliphatic rings. The summed E-state index contributed by atoms with van der Waals surface area (Å²) >= 11 is 0. The molecule has 0 aliphatic carbocycles. The minimum Gasteiger partial charge on any atom is -0.385 e. The maximum atomic E-state index is 9.75. The van der Waals surface area contributed by atoms with Crippen LogP contribution in [0.1, 0.15) is 30.2 Å². The van der Waals surface area contributed by atoms with Crippen molar-refractivity contribution in [3.8, 4) is 17.1 Å². The number of aryl methyl sites for hydroxylation is 1. The van der Waals surface area contributed by atoms with E-state index in [-0.39, 0.29) is 12.4 Å². The van der Waals surface area contributed by atoms with Crippen LogP contribution in [0.3, 0.4) is 0 Å². The maximum Gasteiger partial charge on any atom is 0.179 e. The zero-order chi connectivity index (χ0) is 14.6. The van der Waals surface area contributed by atoms with Crippen LogP contribution in [0.5, 0.6) is 0 Å². The lowest BCUT2D eigenvalue weighted by atomic mass is 10.1. The van der Waals surface area contributed by atoms with Gasteiger partial charge in [0, 0.05) is 5.56 Å². The fraction of sp³-hybridized carbons (Fsp3) is 0.267. The quantitative estimate of drug-likeness (QED) is 0.585. The topological polar surface area (TPSA) is 68.8 Å². The molecule has 4 rings (SSSR count). The summed E-state index contributed by atoms with van der Waals surface area (Å²) in [5.74, 6) is 1.23. The van der Waals surface area contributed by atoms with Crippen molar-refractivity contribution in [2.45, 2.75) is 26.5 Å². The van der Waals surface area contributed by atoms with Gasteiger partial charge in [-0.2, -0.15) is 5.10 Å². The molecule has 22 heavy (non-hydrogen) atoms. The van der Waals surface area contributed by atoms with Crippen LogP contribution in [0.2, 0.25) is 0 Å². The van der Waals surface area contributed by atoms with E-state index >= 15 is 0 Å². The van der Waals surface area contributed by atoms with Gasteiger partial charge in [0.25, 0.3) is 0 Å². The largest absolute Gasteiger partial charge is 0.385 e. The molecule has 114 valence electrons. The summed E-state index contributed by atoms with van der Waals surface area (Å²) in [5.41, 5.74) is 4.10. The Morgan fingerprint density at radius 2 is 2.05 bits per heavy atom. The summed E-state index contributed by atoms with van der Waals surface area (Å²) in [6, 6.07) is 8.05. The van der Waals surface area contributed by atoms with Crippen LogP contribution in [0.25, 0.3) is 17.1 Å². The second-order valence-electron chi connectivity index (χ2n) is 5.29. The van der Waals surface area contributed by atoms with Gasteiger partial charge in [0.15, 0.2) is 11.6 Å². The first-order valence-corrected chi connectivity index (χ1v) is 6.90. The van der Waals surface area contributed by atoms with Crippen LogP contribution in [0.4, 0.5) is 0 Å². The highest BCUT2D eigenvalue weighted by Crippen LogP contribution is 2.31. The summed E-state index contributed by atoms with van der Waals surface area (Å²) in [5, 5.41) is 14.2. The van der Waals surface area contributed by atoms with Gasteiger partial charge in [0.1, 0.15) is 6.10 Å². The molecule has 0 fully saturated rings. The number of aliphatic hydroxyl groups is 1. The van der Waals surface area contributed by atoms with Gasteiger partial charge in [0.2, 0.25) is 0 Å². The first-order valence-electron chi connectivity index (χ1n) is 6.90. The molecule has 0 saturated carbocycles. The fourth-order valence-electron chi connectivity index (χ4n) is 2.72. The van der Waals surface area contributed by atoms with Gasteiger partial charge in [-0.1, -0.05) is 12.1 Å². The predicted octanol–water partition coefficient (Wildman–Crippen LogP) is 2.28. The van der Waals surface area contributed by atoms with Gasteiger partial charge < -0.3 is 9.67 Å². The van der Waals surface area contributed by atoms with Crippen molar-refractivity contribution >= 4 is 12.4 Å². The number of imidazole rings is 1. The van der Waals surface area contributed by atoms with E-state index in [0.717, 1.165) is 28.5 Å². The van der Waals surface area contributed by atoms with Crippen LogP contribution < -0.4 is 0 Å². The lowest BCUT2D eigenvalue weighted by Gasteiger charge is -2.07. The Hall–Kier alpha value is -2.18. The van der Waals surface area contributed by atoms with Crippen molar-refractivity contribution < 1.29 is 5.11 Å². The van der Waals surface area contributed by atoms with E-state index in [1.54, 1.807) is 6.92 Å². The molecule has 2 aromatic heterocycles. The summed E-state index contributed by atoms with van der Waals surface area (Å²) in [6.45, 7) is 4.26. The van der Waals surface area contributed by atoms with E-state index in [9.17, 15) is 5.11 Å². The normalized spacial score (nSPS) is 13.4. The Bertz CT molecular complexity index is 836. The fourth-order valence-corrected chi connectivity index (χ4v) is 2.72. The minimum absolute atomic E-state index is 0. The highest BCUT2D eigenvalue weighted by atomic mass is 35.5. The first kappa shape index (κ1) is 14.7. The van der Waals surface area contributed by atoms with Crippen LogP contribution in [-0.2, 0) is 6.54 Å². The third kappa shape index (κ3) is 2.03. The van der Waals surface area contributed by atoms with Gasteiger partial charge >= 0.3 is 0 Å². The van der Waals surface area contributed by atoms with Crippen LogP contribution >= 0.6 is 12.4 Å². The van der Waals surface area contributed by atoms with Crippen molar-refractivity contribution in [2.75, 3.05) is 0 Å². The van der Waals surface area contributed by atoms with Gasteiger partial charge in [0.05, 0.1) is 29.9 Å². The van der Waals surface area contributed by atoms with Crippen molar-refractivity contribution in [1.82, 2.24) is 24.3 Å². The standard InChI is InChI=1S/C15H15N5O.ClH/c1-9-13-7-20-15(17-14(18-20)10(2)21)11-5-3-4-6-12(11)19(13)8-16-9;/h3-6,8,10,21H,7H2,1-2H3;1H. The molecule has 0 radical (unpaired) electrons. The zero-order valence-corrected chi connectivity index (χ0v) is 13.1. The number of rotatable bonds is 1. The minimum atomic E-state index is -0.678. The van der Waals surface area contributed by atoms with E-state index < -0.39 is 6.10 Å². The molecular weight excluding hydrogens is 302 g/mol. The number of fused-ring (bicyclic) bond motifs is 5. The molecule has 1 unspecified atom stereocenters.